The van der Waals surface area contributed by atoms with Gasteiger partial charge < -0.3 is 19.8 Å². The third kappa shape index (κ3) is 5.80. The lowest BCUT2D eigenvalue weighted by Gasteiger charge is -2.27. The molecule has 0 radical (unpaired) electrons. The summed E-state index contributed by atoms with van der Waals surface area (Å²) in [6.45, 7) is 6.85. The molecule has 2 aliphatic rings. The summed E-state index contributed by atoms with van der Waals surface area (Å²) in [5.74, 6) is 1.48. The van der Waals surface area contributed by atoms with Crippen LogP contribution in [0.5, 0.6) is 0 Å². The Balaban J connectivity index is 1.07. The van der Waals surface area contributed by atoms with Crippen LogP contribution in [-0.4, -0.2) is 65.7 Å². The minimum atomic E-state index is -0.902. The molecule has 2 fully saturated rings. The number of nitrogens with zero attached hydrogens (tertiary/aromatic N) is 4. The molecular formula is C34H36N6O4S. The zero-order chi connectivity index (χ0) is 31.3. The maximum absolute atomic E-state index is 12.8. The number of hydrogen-bond donors (Lipinski definition) is 3. The zero-order valence-electron chi connectivity index (χ0n) is 25.5. The number of ether oxygens (including phenoxy) is 1. The molecule has 0 saturated carbocycles. The van der Waals surface area contributed by atoms with E-state index in [1.54, 1.807) is 22.4 Å². The Morgan fingerprint density at radius 1 is 0.844 bits per heavy atom. The third-order valence-electron chi connectivity index (χ3n) is 8.51. The van der Waals surface area contributed by atoms with Crippen LogP contribution in [0.2, 0.25) is 0 Å². The number of aromatic nitrogens is 4. The molecule has 45 heavy (non-hydrogen) atoms. The molecule has 5 aromatic rings. The first-order valence-corrected chi connectivity index (χ1v) is 16.2. The van der Waals surface area contributed by atoms with Crippen molar-refractivity contribution in [2.24, 2.45) is 0 Å². The van der Waals surface area contributed by atoms with E-state index in [1.807, 2.05) is 27.0 Å². The number of nitrogens with one attached hydrogen (secondary N) is 2. The Morgan fingerprint density at radius 2 is 1.42 bits per heavy atom. The Labute approximate surface area is 265 Å². The number of H-pyrrole nitrogens is 2. The number of carbonyl (C=O) groups excluding carboxylic acids is 1. The van der Waals surface area contributed by atoms with Gasteiger partial charge in [0.2, 0.25) is 0 Å². The Bertz CT molecular complexity index is 1870. The molecule has 3 N–H and O–H groups in total. The first-order chi connectivity index (χ1) is 21.6. The Hall–Kier alpha value is -4.64. The van der Waals surface area contributed by atoms with Gasteiger partial charge in [0.1, 0.15) is 17.2 Å². The summed E-state index contributed by atoms with van der Waals surface area (Å²) < 4.78 is 6.79. The van der Waals surface area contributed by atoms with Crippen molar-refractivity contribution in [1.82, 2.24) is 29.7 Å². The second kappa shape index (κ2) is 11.4. The van der Waals surface area contributed by atoms with Gasteiger partial charge in [-0.15, -0.1) is 11.3 Å². The van der Waals surface area contributed by atoms with Crippen molar-refractivity contribution in [2.75, 3.05) is 13.1 Å². The number of aromatic amines is 2. The predicted octanol–water partition coefficient (Wildman–Crippen LogP) is 8.24. The highest BCUT2D eigenvalue weighted by Gasteiger charge is 2.35. The quantitative estimate of drug-likeness (QED) is 0.181. The van der Waals surface area contributed by atoms with Gasteiger partial charge in [0, 0.05) is 28.2 Å². The number of likely N-dealkylation sites (tertiary alicyclic amines) is 2. The summed E-state index contributed by atoms with van der Waals surface area (Å²) in [6.07, 6.45) is 5.82. The maximum atomic E-state index is 12.8. The molecule has 2 atom stereocenters. The molecule has 2 unspecified atom stereocenters. The molecule has 2 aromatic carbocycles. The topological polar surface area (TPSA) is 127 Å². The van der Waals surface area contributed by atoms with E-state index >= 15 is 0 Å². The fraction of sp³-hybridized carbons (Fsp3) is 0.353. The van der Waals surface area contributed by atoms with Gasteiger partial charge >= 0.3 is 12.2 Å². The smallest absolute Gasteiger partial charge is 0.410 e. The molecule has 2 saturated heterocycles. The number of carboxylic acid groups (broad SMARTS) is 1. The maximum Gasteiger partial charge on any atom is 0.410 e. The molecular weight excluding hydrogens is 588 g/mol. The molecule has 0 bridgehead atoms. The fourth-order valence-corrected chi connectivity index (χ4v) is 7.44. The number of imidazole rings is 2. The summed E-state index contributed by atoms with van der Waals surface area (Å²) in [6, 6.07) is 16.7. The van der Waals surface area contributed by atoms with E-state index < -0.39 is 11.7 Å². The fourth-order valence-electron chi connectivity index (χ4n) is 6.33. The summed E-state index contributed by atoms with van der Waals surface area (Å²) in [7, 11) is 0. The summed E-state index contributed by atoms with van der Waals surface area (Å²) >= 11 is 1.74. The van der Waals surface area contributed by atoms with Crippen LogP contribution in [0.4, 0.5) is 9.59 Å². The van der Waals surface area contributed by atoms with Crippen molar-refractivity contribution >= 4 is 33.6 Å². The van der Waals surface area contributed by atoms with E-state index in [0.29, 0.717) is 18.9 Å². The van der Waals surface area contributed by atoms with Crippen LogP contribution >= 0.6 is 11.3 Å². The molecule has 11 heteroatoms. The van der Waals surface area contributed by atoms with Gasteiger partial charge in [0.15, 0.2) is 0 Å². The van der Waals surface area contributed by atoms with Gasteiger partial charge in [-0.05, 0) is 75.1 Å². The van der Waals surface area contributed by atoms with E-state index in [4.69, 9.17) is 4.74 Å². The van der Waals surface area contributed by atoms with Crippen LogP contribution in [0.3, 0.4) is 0 Å². The van der Waals surface area contributed by atoms with Crippen LogP contribution in [0.25, 0.3) is 43.0 Å². The minimum Gasteiger partial charge on any atom is -0.465 e. The van der Waals surface area contributed by atoms with Crippen LogP contribution in [0, 0.1) is 0 Å². The van der Waals surface area contributed by atoms with Crippen LogP contribution < -0.4 is 0 Å². The highest BCUT2D eigenvalue weighted by Crippen LogP contribution is 2.38. The summed E-state index contributed by atoms with van der Waals surface area (Å²) in [4.78, 5) is 44.8. The lowest BCUT2D eigenvalue weighted by Crippen LogP contribution is -2.36. The van der Waals surface area contributed by atoms with Crippen molar-refractivity contribution in [3.05, 3.63) is 72.6 Å². The summed E-state index contributed by atoms with van der Waals surface area (Å²) in [5, 5.41) is 10.7. The van der Waals surface area contributed by atoms with Crippen molar-refractivity contribution in [2.45, 2.75) is 64.1 Å². The van der Waals surface area contributed by atoms with E-state index in [9.17, 15) is 14.7 Å². The Morgan fingerprint density at radius 3 is 2.07 bits per heavy atom. The highest BCUT2D eigenvalue weighted by atomic mass is 32.1. The van der Waals surface area contributed by atoms with E-state index in [0.717, 1.165) is 59.6 Å². The number of amides is 2. The summed E-state index contributed by atoms with van der Waals surface area (Å²) in [5.41, 5.74) is 4.44. The molecule has 3 aromatic heterocycles. The van der Waals surface area contributed by atoms with Gasteiger partial charge in [-0.3, -0.25) is 9.80 Å². The van der Waals surface area contributed by atoms with Crippen molar-refractivity contribution in [1.29, 1.82) is 0 Å². The second-order valence-electron chi connectivity index (χ2n) is 12.8. The number of fused-ring (bicyclic) bond motifs is 1. The number of rotatable bonds is 5. The number of hydrogen-bond acceptors (Lipinski definition) is 6. The average molecular weight is 625 g/mol. The molecule has 5 heterocycles. The molecule has 2 amide bonds. The molecule has 7 rings (SSSR count). The number of benzene rings is 2. The van der Waals surface area contributed by atoms with Crippen LogP contribution in [0.1, 0.15) is 70.2 Å². The molecule has 232 valence electrons. The highest BCUT2D eigenvalue weighted by molar-refractivity contribution is 7.22. The van der Waals surface area contributed by atoms with Gasteiger partial charge in [-0.2, -0.15) is 0 Å². The average Bonchev–Trinajstić information content (AvgIpc) is 3.83. The second-order valence-corrected chi connectivity index (χ2v) is 13.9. The van der Waals surface area contributed by atoms with Crippen LogP contribution in [-0.2, 0) is 4.74 Å². The normalized spacial score (nSPS) is 18.6. The molecule has 0 spiro atoms. The third-order valence-corrected chi connectivity index (χ3v) is 9.66. The SMILES string of the molecule is CC(C)(C)OC(=O)N1CCCC1c1ncc(-c2ccc(-c3cc4ccc(-c5cnc(C6CCCN6C(=O)O)[nH]5)cc4s3)cc2)[nH]1. The van der Waals surface area contributed by atoms with Crippen molar-refractivity contribution < 1.29 is 19.4 Å². The van der Waals surface area contributed by atoms with Gasteiger partial charge in [0.05, 0.1) is 35.9 Å². The zero-order valence-corrected chi connectivity index (χ0v) is 26.4. The van der Waals surface area contributed by atoms with E-state index in [1.165, 1.54) is 19.9 Å². The molecule has 2 aliphatic heterocycles. The monoisotopic (exact) mass is 624 g/mol. The van der Waals surface area contributed by atoms with Gasteiger partial charge in [-0.1, -0.05) is 36.4 Å². The molecule has 0 aliphatic carbocycles. The largest absolute Gasteiger partial charge is 0.465 e. The molecule has 10 nitrogen and oxygen atoms in total. The van der Waals surface area contributed by atoms with Gasteiger partial charge in [-0.25, -0.2) is 19.6 Å². The van der Waals surface area contributed by atoms with Crippen molar-refractivity contribution in [3.8, 4) is 33.0 Å². The number of carbonyl (C=O) groups is 2. The minimum absolute atomic E-state index is 0.119. The first kappa shape index (κ1) is 29.1. The van der Waals surface area contributed by atoms with Crippen LogP contribution in [0.15, 0.2) is 60.9 Å². The standard InChI is InChI=1S/C34H36N6O4S/c1-34(2,3)44-33(43)40-15-5-7-27(40)31-35-18-24(37-31)20-8-10-21(11-9-20)28-17-23-13-12-22(16-29(23)45-28)25-19-36-30(38-25)26-6-4-14-39(26)32(41)42/h8-13,16-19,26-27H,4-7,14-15H2,1-3H3,(H,35,37)(H,36,38)(H,41,42). The number of thiophene rings is 1. The van der Waals surface area contributed by atoms with E-state index in [-0.39, 0.29) is 18.2 Å². The Kier molecular flexibility index (Phi) is 7.35. The van der Waals surface area contributed by atoms with E-state index in [2.05, 4.69) is 68.5 Å². The lowest BCUT2D eigenvalue weighted by atomic mass is 10.1. The lowest BCUT2D eigenvalue weighted by molar-refractivity contribution is 0.0218. The van der Waals surface area contributed by atoms with Crippen molar-refractivity contribution in [3.63, 3.8) is 0 Å². The van der Waals surface area contributed by atoms with Gasteiger partial charge in [0.25, 0.3) is 0 Å². The predicted molar refractivity (Wildman–Crippen MR) is 174 cm³/mol. The first-order valence-electron chi connectivity index (χ1n) is 15.4.